The van der Waals surface area contributed by atoms with Gasteiger partial charge in [-0.05, 0) is 26.8 Å². The predicted octanol–water partition coefficient (Wildman–Crippen LogP) is 2.02. The molecule has 2 amide bonds. The molecular formula is C23H23F2N5O5. The Balaban J connectivity index is 1.71. The van der Waals surface area contributed by atoms with Crippen LogP contribution < -0.4 is 15.8 Å². The van der Waals surface area contributed by atoms with Gasteiger partial charge in [0.25, 0.3) is 11.8 Å². The number of aromatic hydroxyl groups is 1. The molecule has 12 heteroatoms. The van der Waals surface area contributed by atoms with Gasteiger partial charge in [-0.2, -0.15) is 0 Å². The van der Waals surface area contributed by atoms with Crippen LogP contribution in [0.5, 0.6) is 5.75 Å². The average molecular weight is 487 g/mol. The van der Waals surface area contributed by atoms with E-state index in [9.17, 15) is 28.3 Å². The number of benzene rings is 1. The molecule has 4 rings (SSSR count). The number of hydrogen-bond donors (Lipinski definition) is 2. The molecule has 0 atom stereocenters. The van der Waals surface area contributed by atoms with Crippen LogP contribution in [0.25, 0.3) is 0 Å². The molecule has 0 bridgehead atoms. The summed E-state index contributed by atoms with van der Waals surface area (Å²) in [5.41, 5.74) is -1.27. The lowest BCUT2D eigenvalue weighted by molar-refractivity contribution is 0.0625. The Morgan fingerprint density at radius 3 is 2.63 bits per heavy atom. The summed E-state index contributed by atoms with van der Waals surface area (Å²) in [4.78, 5) is 40.2. The standard InChI is InChI=1S/C23H23F2N5O5/c1-12(2)29-11-28(9-16-6-13(3)35-27-16)30-10-17(20(31)21(32)19(30)23(29)34)22(33)26-8-14-4-5-15(24)7-18(14)25/h4-7,10,12,32H,8-9,11H2,1-3H3,(H,26,33). The second-order valence-electron chi connectivity index (χ2n) is 8.44. The highest BCUT2D eigenvalue weighted by Gasteiger charge is 2.35. The molecule has 10 nitrogen and oxygen atoms in total. The molecule has 0 spiro atoms. The maximum Gasteiger partial charge on any atom is 0.278 e. The lowest BCUT2D eigenvalue weighted by atomic mass is 10.1. The molecule has 1 aliphatic rings. The predicted molar refractivity (Wildman–Crippen MR) is 119 cm³/mol. The molecule has 35 heavy (non-hydrogen) atoms. The first-order chi connectivity index (χ1) is 16.6. The number of halogens is 2. The van der Waals surface area contributed by atoms with E-state index < -0.39 is 40.2 Å². The van der Waals surface area contributed by atoms with Crippen LogP contribution in [-0.2, 0) is 13.1 Å². The molecule has 0 saturated carbocycles. The van der Waals surface area contributed by atoms with E-state index in [1.54, 1.807) is 31.8 Å². The second kappa shape index (κ2) is 9.20. The first-order valence-corrected chi connectivity index (χ1v) is 10.8. The Kier molecular flexibility index (Phi) is 6.29. The van der Waals surface area contributed by atoms with Crippen molar-refractivity contribution < 1.29 is 28.0 Å². The van der Waals surface area contributed by atoms with E-state index in [0.29, 0.717) is 17.5 Å². The summed E-state index contributed by atoms with van der Waals surface area (Å²) in [6.45, 7) is 5.20. The fourth-order valence-electron chi connectivity index (χ4n) is 3.76. The first kappa shape index (κ1) is 23.9. The Bertz CT molecular complexity index is 1370. The van der Waals surface area contributed by atoms with Gasteiger partial charge in [0, 0.05) is 36.5 Å². The third-order valence-corrected chi connectivity index (χ3v) is 5.59. The van der Waals surface area contributed by atoms with Crippen molar-refractivity contribution in [3.05, 3.63) is 80.6 Å². The van der Waals surface area contributed by atoms with Crippen molar-refractivity contribution in [3.8, 4) is 5.75 Å². The molecule has 0 aliphatic carbocycles. The monoisotopic (exact) mass is 487 g/mol. The third-order valence-electron chi connectivity index (χ3n) is 5.59. The SMILES string of the molecule is Cc1cc(CN2CN(C(C)C)C(=O)c3c(O)c(=O)c(C(=O)NCc4ccc(F)cc4F)cn32)no1. The van der Waals surface area contributed by atoms with Crippen molar-refractivity contribution in [3.63, 3.8) is 0 Å². The topological polar surface area (TPSA) is 121 Å². The third kappa shape index (κ3) is 4.59. The summed E-state index contributed by atoms with van der Waals surface area (Å²) in [7, 11) is 0. The van der Waals surface area contributed by atoms with E-state index in [4.69, 9.17) is 4.52 Å². The van der Waals surface area contributed by atoms with Crippen molar-refractivity contribution in [2.24, 2.45) is 0 Å². The molecule has 0 fully saturated rings. The van der Waals surface area contributed by atoms with Crippen LogP contribution in [0.15, 0.2) is 39.8 Å². The molecule has 1 aliphatic heterocycles. The van der Waals surface area contributed by atoms with Crippen molar-refractivity contribution in [1.29, 1.82) is 0 Å². The van der Waals surface area contributed by atoms with Crippen LogP contribution in [-0.4, -0.2) is 44.4 Å². The molecular weight excluding hydrogens is 464 g/mol. The van der Waals surface area contributed by atoms with E-state index in [1.807, 2.05) is 0 Å². The van der Waals surface area contributed by atoms with Gasteiger partial charge in [0.15, 0.2) is 11.4 Å². The zero-order valence-electron chi connectivity index (χ0n) is 19.2. The second-order valence-corrected chi connectivity index (χ2v) is 8.44. The van der Waals surface area contributed by atoms with Crippen LogP contribution in [0.3, 0.4) is 0 Å². The van der Waals surface area contributed by atoms with Crippen LogP contribution in [0, 0.1) is 18.6 Å². The number of nitrogens with zero attached hydrogens (tertiary/aromatic N) is 4. The molecule has 2 N–H and O–H groups in total. The number of fused-ring (bicyclic) bond motifs is 1. The average Bonchev–Trinajstić information content (AvgIpc) is 3.21. The minimum Gasteiger partial charge on any atom is -0.502 e. The highest BCUT2D eigenvalue weighted by molar-refractivity contribution is 5.99. The van der Waals surface area contributed by atoms with Crippen molar-refractivity contribution in [2.45, 2.75) is 39.9 Å². The van der Waals surface area contributed by atoms with Gasteiger partial charge in [-0.1, -0.05) is 11.2 Å². The highest BCUT2D eigenvalue weighted by Crippen LogP contribution is 2.24. The summed E-state index contributed by atoms with van der Waals surface area (Å²) in [5, 5.41) is 18.6. The largest absolute Gasteiger partial charge is 0.502 e. The van der Waals surface area contributed by atoms with Crippen LogP contribution in [0.2, 0.25) is 0 Å². The normalized spacial score (nSPS) is 13.4. The number of rotatable bonds is 6. The fourth-order valence-corrected chi connectivity index (χ4v) is 3.76. The number of nitrogens with one attached hydrogen (secondary N) is 1. The zero-order chi connectivity index (χ0) is 25.4. The molecule has 3 heterocycles. The summed E-state index contributed by atoms with van der Waals surface area (Å²) in [6.07, 6.45) is 1.15. The molecule has 3 aromatic rings. The van der Waals surface area contributed by atoms with E-state index >= 15 is 0 Å². The fraction of sp³-hybridized carbons (Fsp3) is 0.304. The molecule has 184 valence electrons. The molecule has 0 saturated heterocycles. The number of aryl methyl sites for hydroxylation is 1. The Hall–Kier alpha value is -4.22. The number of amides is 2. The lowest BCUT2D eigenvalue weighted by Crippen LogP contribution is -2.56. The van der Waals surface area contributed by atoms with Gasteiger partial charge >= 0.3 is 0 Å². The molecule has 0 unspecified atom stereocenters. The Morgan fingerprint density at radius 1 is 1.26 bits per heavy atom. The summed E-state index contributed by atoms with van der Waals surface area (Å²) >= 11 is 0. The van der Waals surface area contributed by atoms with Crippen LogP contribution >= 0.6 is 0 Å². The van der Waals surface area contributed by atoms with Crippen LogP contribution in [0.4, 0.5) is 8.78 Å². The van der Waals surface area contributed by atoms with Crippen molar-refractivity contribution >= 4 is 11.8 Å². The van der Waals surface area contributed by atoms with Gasteiger partial charge in [-0.15, -0.1) is 0 Å². The molecule has 0 radical (unpaired) electrons. The minimum absolute atomic E-state index is 0.00724. The smallest absolute Gasteiger partial charge is 0.278 e. The minimum atomic E-state index is -1.05. The molecule has 1 aromatic carbocycles. The van der Waals surface area contributed by atoms with Gasteiger partial charge in [0.05, 0.1) is 6.54 Å². The first-order valence-electron chi connectivity index (χ1n) is 10.8. The number of pyridine rings is 1. The lowest BCUT2D eigenvalue weighted by Gasteiger charge is -2.41. The molecule has 2 aromatic heterocycles. The highest BCUT2D eigenvalue weighted by atomic mass is 19.1. The summed E-state index contributed by atoms with van der Waals surface area (Å²) in [6, 6.07) is 4.34. The number of carbonyl (C=O) groups excluding carboxylic acids is 2. The van der Waals surface area contributed by atoms with Gasteiger partial charge in [-0.3, -0.25) is 24.1 Å². The zero-order valence-corrected chi connectivity index (χ0v) is 19.2. The van der Waals surface area contributed by atoms with Gasteiger partial charge in [-0.25, -0.2) is 8.78 Å². The maximum absolute atomic E-state index is 13.9. The van der Waals surface area contributed by atoms with E-state index in [2.05, 4.69) is 10.5 Å². The van der Waals surface area contributed by atoms with Gasteiger partial charge in [0.1, 0.15) is 35.3 Å². The van der Waals surface area contributed by atoms with Gasteiger partial charge in [0.2, 0.25) is 5.43 Å². The number of aromatic nitrogens is 2. The Labute approximate surface area is 198 Å². The maximum atomic E-state index is 13.9. The van der Waals surface area contributed by atoms with Crippen molar-refractivity contribution in [2.75, 3.05) is 11.7 Å². The number of hydrogen-bond acceptors (Lipinski definition) is 7. The van der Waals surface area contributed by atoms with E-state index in [-0.39, 0.29) is 37.1 Å². The van der Waals surface area contributed by atoms with E-state index in [1.165, 1.54) is 15.6 Å². The number of carbonyl (C=O) groups is 2. The van der Waals surface area contributed by atoms with Crippen molar-refractivity contribution in [1.82, 2.24) is 20.0 Å². The van der Waals surface area contributed by atoms with Crippen LogP contribution in [0.1, 0.15) is 51.7 Å². The quantitative estimate of drug-likeness (QED) is 0.546. The van der Waals surface area contributed by atoms with E-state index in [0.717, 1.165) is 12.3 Å². The summed E-state index contributed by atoms with van der Waals surface area (Å²) in [5.74, 6) is -3.42. The Morgan fingerprint density at radius 2 is 2.00 bits per heavy atom. The van der Waals surface area contributed by atoms with Gasteiger partial charge < -0.3 is 19.8 Å². The summed E-state index contributed by atoms with van der Waals surface area (Å²) < 4.78 is 33.4.